The fourth-order valence-electron chi connectivity index (χ4n) is 2.52. The van der Waals surface area contributed by atoms with Gasteiger partial charge in [0.25, 0.3) is 0 Å². The summed E-state index contributed by atoms with van der Waals surface area (Å²) in [5.74, 6) is -0.925. The molecule has 0 saturated heterocycles. The molecule has 1 saturated carbocycles. The van der Waals surface area contributed by atoms with E-state index in [0.29, 0.717) is 32.2 Å². The zero-order valence-electron chi connectivity index (χ0n) is 11.9. The summed E-state index contributed by atoms with van der Waals surface area (Å²) in [6.07, 6.45) is -2.81. The highest BCUT2D eigenvalue weighted by Crippen LogP contribution is 2.28. The van der Waals surface area contributed by atoms with Crippen molar-refractivity contribution in [1.29, 1.82) is 0 Å². The van der Waals surface area contributed by atoms with Gasteiger partial charge in [-0.2, -0.15) is 13.2 Å². The van der Waals surface area contributed by atoms with Gasteiger partial charge in [-0.15, -0.1) is 0 Å². The summed E-state index contributed by atoms with van der Waals surface area (Å²) in [5, 5.41) is 13.7. The molecule has 1 aliphatic rings. The standard InChI is InChI=1S/C13H21F3N2O3/c1-8(6-13(14,15)16)18-12(21)17-7-9-2-4-10(5-3-9)11(19)20/h8-10H,2-7H2,1H3,(H,19,20)(H2,17,18,21). The molecule has 21 heavy (non-hydrogen) atoms. The van der Waals surface area contributed by atoms with Crippen molar-refractivity contribution >= 4 is 12.0 Å². The molecule has 0 bridgehead atoms. The summed E-state index contributed by atoms with van der Waals surface area (Å²) in [7, 11) is 0. The smallest absolute Gasteiger partial charge is 0.391 e. The molecule has 1 aliphatic carbocycles. The van der Waals surface area contributed by atoms with Crippen LogP contribution in [-0.4, -0.2) is 35.9 Å². The van der Waals surface area contributed by atoms with Crippen LogP contribution < -0.4 is 10.6 Å². The third-order valence-electron chi connectivity index (χ3n) is 3.66. The number of carboxylic acids is 1. The normalized spacial score (nSPS) is 24.2. The molecular formula is C13H21F3N2O3. The van der Waals surface area contributed by atoms with Crippen LogP contribution in [-0.2, 0) is 4.79 Å². The first-order valence-electron chi connectivity index (χ1n) is 7.01. The third kappa shape index (κ3) is 7.19. The number of alkyl halides is 3. The second kappa shape index (κ2) is 7.51. The van der Waals surface area contributed by atoms with Gasteiger partial charge in [-0.3, -0.25) is 4.79 Å². The Morgan fingerprint density at radius 2 is 1.81 bits per heavy atom. The van der Waals surface area contributed by atoms with Crippen LogP contribution in [0, 0.1) is 11.8 Å². The first-order chi connectivity index (χ1) is 9.67. The van der Waals surface area contributed by atoms with Crippen LogP contribution in [0.1, 0.15) is 39.0 Å². The van der Waals surface area contributed by atoms with Gasteiger partial charge in [0.15, 0.2) is 0 Å². The van der Waals surface area contributed by atoms with Gasteiger partial charge < -0.3 is 15.7 Å². The number of carbonyl (C=O) groups is 2. The topological polar surface area (TPSA) is 78.4 Å². The minimum Gasteiger partial charge on any atom is -0.481 e. The van der Waals surface area contributed by atoms with Crippen molar-refractivity contribution in [3.8, 4) is 0 Å². The number of amides is 2. The molecule has 0 aromatic carbocycles. The highest BCUT2D eigenvalue weighted by molar-refractivity contribution is 5.74. The van der Waals surface area contributed by atoms with Crippen molar-refractivity contribution in [2.75, 3.05) is 6.54 Å². The third-order valence-corrected chi connectivity index (χ3v) is 3.66. The number of carbonyl (C=O) groups excluding carboxylic acids is 1. The molecule has 0 aromatic rings. The molecule has 1 atom stereocenters. The van der Waals surface area contributed by atoms with E-state index in [1.165, 1.54) is 6.92 Å². The number of halogens is 3. The Labute approximate surface area is 121 Å². The fourth-order valence-corrected chi connectivity index (χ4v) is 2.52. The van der Waals surface area contributed by atoms with E-state index in [0.717, 1.165) is 0 Å². The van der Waals surface area contributed by atoms with Crippen molar-refractivity contribution in [3.05, 3.63) is 0 Å². The Hall–Kier alpha value is -1.47. The van der Waals surface area contributed by atoms with Crippen LogP contribution in [0.5, 0.6) is 0 Å². The number of urea groups is 1. The van der Waals surface area contributed by atoms with Crippen LogP contribution in [0.3, 0.4) is 0 Å². The summed E-state index contributed by atoms with van der Waals surface area (Å²) in [4.78, 5) is 22.3. The Bertz CT molecular complexity index is 366. The van der Waals surface area contributed by atoms with Gasteiger partial charge in [0.1, 0.15) is 0 Å². The van der Waals surface area contributed by atoms with E-state index in [9.17, 15) is 22.8 Å². The number of rotatable bonds is 5. The largest absolute Gasteiger partial charge is 0.481 e. The SMILES string of the molecule is CC(CC(F)(F)F)NC(=O)NCC1CCC(C(=O)O)CC1. The van der Waals surface area contributed by atoms with E-state index in [1.807, 2.05) is 0 Å². The van der Waals surface area contributed by atoms with Crippen LogP contribution in [0.2, 0.25) is 0 Å². The van der Waals surface area contributed by atoms with E-state index in [1.54, 1.807) is 0 Å². The molecule has 8 heteroatoms. The van der Waals surface area contributed by atoms with Crippen LogP contribution >= 0.6 is 0 Å². The van der Waals surface area contributed by atoms with Gasteiger partial charge in [0, 0.05) is 12.6 Å². The Morgan fingerprint density at radius 3 is 2.29 bits per heavy atom. The van der Waals surface area contributed by atoms with Crippen LogP contribution in [0.4, 0.5) is 18.0 Å². The zero-order chi connectivity index (χ0) is 16.0. The maximum atomic E-state index is 12.1. The lowest BCUT2D eigenvalue weighted by Gasteiger charge is -2.26. The number of carboxylic acid groups (broad SMARTS) is 1. The molecule has 0 heterocycles. The Balaban J connectivity index is 2.21. The quantitative estimate of drug-likeness (QED) is 0.730. The lowest BCUT2D eigenvalue weighted by molar-refractivity contribution is -0.143. The molecular weight excluding hydrogens is 289 g/mol. The molecule has 1 rings (SSSR count). The van der Waals surface area contributed by atoms with Gasteiger partial charge in [0.05, 0.1) is 12.3 Å². The number of hydrogen-bond acceptors (Lipinski definition) is 2. The van der Waals surface area contributed by atoms with Crippen molar-refractivity contribution in [2.45, 2.75) is 51.2 Å². The van der Waals surface area contributed by atoms with E-state index in [2.05, 4.69) is 10.6 Å². The molecule has 122 valence electrons. The Morgan fingerprint density at radius 1 is 1.24 bits per heavy atom. The van der Waals surface area contributed by atoms with Crippen LogP contribution in [0.25, 0.3) is 0 Å². The number of hydrogen-bond donors (Lipinski definition) is 3. The fraction of sp³-hybridized carbons (Fsp3) is 0.846. The molecule has 1 fully saturated rings. The number of aliphatic carboxylic acids is 1. The van der Waals surface area contributed by atoms with Crippen molar-refractivity contribution in [3.63, 3.8) is 0 Å². The predicted octanol–water partition coefficient (Wildman–Crippen LogP) is 2.52. The lowest BCUT2D eigenvalue weighted by atomic mass is 9.82. The molecule has 0 aliphatic heterocycles. The van der Waals surface area contributed by atoms with Gasteiger partial charge in [-0.1, -0.05) is 0 Å². The van der Waals surface area contributed by atoms with E-state index in [4.69, 9.17) is 5.11 Å². The van der Waals surface area contributed by atoms with Gasteiger partial charge >= 0.3 is 18.2 Å². The molecule has 2 amide bonds. The average Bonchev–Trinajstić information content (AvgIpc) is 2.34. The lowest BCUT2D eigenvalue weighted by Crippen LogP contribution is -2.44. The second-order valence-electron chi connectivity index (χ2n) is 5.63. The predicted molar refractivity (Wildman–Crippen MR) is 69.8 cm³/mol. The van der Waals surface area contributed by atoms with Crippen LogP contribution in [0.15, 0.2) is 0 Å². The molecule has 3 N–H and O–H groups in total. The first kappa shape index (κ1) is 17.6. The maximum Gasteiger partial charge on any atom is 0.391 e. The van der Waals surface area contributed by atoms with Crippen molar-refractivity contribution in [1.82, 2.24) is 10.6 Å². The van der Waals surface area contributed by atoms with Crippen molar-refractivity contribution < 1.29 is 27.9 Å². The van der Waals surface area contributed by atoms with Gasteiger partial charge in [-0.25, -0.2) is 4.79 Å². The number of nitrogens with one attached hydrogen (secondary N) is 2. The highest BCUT2D eigenvalue weighted by atomic mass is 19.4. The zero-order valence-corrected chi connectivity index (χ0v) is 11.9. The minimum atomic E-state index is -4.30. The minimum absolute atomic E-state index is 0.185. The second-order valence-corrected chi connectivity index (χ2v) is 5.63. The Kier molecular flexibility index (Phi) is 6.29. The van der Waals surface area contributed by atoms with Crippen molar-refractivity contribution in [2.24, 2.45) is 11.8 Å². The molecule has 5 nitrogen and oxygen atoms in total. The van der Waals surface area contributed by atoms with Gasteiger partial charge in [0.2, 0.25) is 0 Å². The summed E-state index contributed by atoms with van der Waals surface area (Å²) >= 11 is 0. The molecule has 0 spiro atoms. The summed E-state index contributed by atoms with van der Waals surface area (Å²) in [6.45, 7) is 1.65. The van der Waals surface area contributed by atoms with Gasteiger partial charge in [-0.05, 0) is 38.5 Å². The molecule has 0 aromatic heterocycles. The monoisotopic (exact) mass is 310 g/mol. The summed E-state index contributed by atoms with van der Waals surface area (Å²) < 4.78 is 36.3. The average molecular weight is 310 g/mol. The summed E-state index contributed by atoms with van der Waals surface area (Å²) in [5.41, 5.74) is 0. The van der Waals surface area contributed by atoms with E-state index < -0.39 is 30.6 Å². The van der Waals surface area contributed by atoms with E-state index in [-0.39, 0.29) is 11.8 Å². The summed E-state index contributed by atoms with van der Waals surface area (Å²) in [6, 6.07) is -1.60. The highest BCUT2D eigenvalue weighted by Gasteiger charge is 2.31. The first-order valence-corrected chi connectivity index (χ1v) is 7.01. The van der Waals surface area contributed by atoms with E-state index >= 15 is 0 Å². The maximum absolute atomic E-state index is 12.1. The molecule has 0 radical (unpaired) electrons. The molecule has 1 unspecified atom stereocenters.